The van der Waals surface area contributed by atoms with Gasteiger partial charge in [0.05, 0.1) is 18.2 Å². The van der Waals surface area contributed by atoms with E-state index in [2.05, 4.69) is 18.8 Å². The van der Waals surface area contributed by atoms with Crippen molar-refractivity contribution in [3.63, 3.8) is 0 Å². The van der Waals surface area contributed by atoms with Crippen LogP contribution in [0.15, 0.2) is 30.7 Å². The Balaban J connectivity index is 2.17. The number of aromatic nitrogens is 2. The summed E-state index contributed by atoms with van der Waals surface area (Å²) in [5.41, 5.74) is 7.49. The average Bonchev–Trinajstić information content (AvgIpc) is 2.85. The van der Waals surface area contributed by atoms with Gasteiger partial charge in [-0.2, -0.15) is 0 Å². The topological polar surface area (TPSA) is 53.1 Å². The number of benzene rings is 1. The maximum absolute atomic E-state index is 13.3. The summed E-state index contributed by atoms with van der Waals surface area (Å²) in [6, 6.07) is 4.44. The Morgan fingerprint density at radius 1 is 1.35 bits per heavy atom. The molecule has 4 nitrogen and oxygen atoms in total. The van der Waals surface area contributed by atoms with Crippen LogP contribution in [0, 0.1) is 5.82 Å². The van der Waals surface area contributed by atoms with E-state index < -0.39 is 0 Å². The quantitative estimate of drug-likeness (QED) is 0.913. The Labute approximate surface area is 118 Å². The first-order valence-electron chi connectivity index (χ1n) is 6.67. The molecule has 1 aromatic carbocycles. The molecule has 0 aliphatic heterocycles. The van der Waals surface area contributed by atoms with Crippen LogP contribution in [-0.2, 0) is 6.61 Å². The monoisotopic (exact) mass is 277 g/mol. The molecule has 20 heavy (non-hydrogen) atoms. The maximum Gasteiger partial charge on any atom is 0.130 e. The van der Waals surface area contributed by atoms with E-state index in [4.69, 9.17) is 10.5 Å². The molecule has 0 fully saturated rings. The van der Waals surface area contributed by atoms with E-state index in [1.807, 2.05) is 4.57 Å². The molecular formula is C15H20FN3O. The lowest BCUT2D eigenvalue weighted by molar-refractivity contribution is 0.287. The van der Waals surface area contributed by atoms with Gasteiger partial charge in [0.15, 0.2) is 0 Å². The van der Waals surface area contributed by atoms with Crippen molar-refractivity contribution >= 4 is 0 Å². The van der Waals surface area contributed by atoms with Gasteiger partial charge in [-0.05, 0) is 39.0 Å². The van der Waals surface area contributed by atoms with Gasteiger partial charge in [-0.15, -0.1) is 0 Å². The van der Waals surface area contributed by atoms with Crippen LogP contribution in [0.25, 0.3) is 0 Å². The van der Waals surface area contributed by atoms with Gasteiger partial charge in [0.2, 0.25) is 0 Å². The highest BCUT2D eigenvalue weighted by Crippen LogP contribution is 2.25. The molecule has 5 heteroatoms. The van der Waals surface area contributed by atoms with Crippen molar-refractivity contribution in [1.82, 2.24) is 9.55 Å². The summed E-state index contributed by atoms with van der Waals surface area (Å²) >= 11 is 0. The van der Waals surface area contributed by atoms with Gasteiger partial charge in [-0.3, -0.25) is 0 Å². The van der Waals surface area contributed by atoms with Gasteiger partial charge in [0.25, 0.3) is 0 Å². The second-order valence-corrected chi connectivity index (χ2v) is 5.15. The molecule has 0 saturated heterocycles. The first kappa shape index (κ1) is 14.5. The van der Waals surface area contributed by atoms with Gasteiger partial charge >= 0.3 is 0 Å². The molecule has 0 saturated carbocycles. The zero-order valence-electron chi connectivity index (χ0n) is 12.0. The Morgan fingerprint density at radius 3 is 2.75 bits per heavy atom. The minimum atomic E-state index is -0.308. The van der Waals surface area contributed by atoms with Crippen LogP contribution in [-0.4, -0.2) is 9.55 Å². The zero-order valence-corrected chi connectivity index (χ0v) is 12.0. The van der Waals surface area contributed by atoms with Crippen LogP contribution >= 0.6 is 0 Å². The van der Waals surface area contributed by atoms with Crippen LogP contribution in [0.1, 0.15) is 44.1 Å². The molecule has 1 atom stereocenters. The number of ether oxygens (including phenoxy) is 1. The van der Waals surface area contributed by atoms with Crippen LogP contribution in [0.3, 0.4) is 0 Å². The second-order valence-electron chi connectivity index (χ2n) is 5.15. The van der Waals surface area contributed by atoms with E-state index in [-0.39, 0.29) is 11.9 Å². The van der Waals surface area contributed by atoms with E-state index in [9.17, 15) is 4.39 Å². The Hall–Kier alpha value is -1.88. The van der Waals surface area contributed by atoms with E-state index in [0.29, 0.717) is 24.0 Å². The number of rotatable bonds is 5. The van der Waals surface area contributed by atoms with Gasteiger partial charge in [0, 0.05) is 17.6 Å². The molecule has 2 rings (SSSR count). The first-order chi connectivity index (χ1) is 9.49. The highest BCUT2D eigenvalue weighted by molar-refractivity contribution is 5.36. The van der Waals surface area contributed by atoms with Crippen molar-refractivity contribution in [3.8, 4) is 5.75 Å². The molecule has 0 spiro atoms. The van der Waals surface area contributed by atoms with Gasteiger partial charge in [-0.25, -0.2) is 9.37 Å². The van der Waals surface area contributed by atoms with Crippen LogP contribution in [0.5, 0.6) is 5.75 Å². The summed E-state index contributed by atoms with van der Waals surface area (Å²) < 4.78 is 21.1. The zero-order chi connectivity index (χ0) is 14.7. The number of halogens is 1. The van der Waals surface area contributed by atoms with Crippen molar-refractivity contribution in [2.45, 2.75) is 39.5 Å². The molecule has 2 N–H and O–H groups in total. The Bertz CT molecular complexity index is 578. The van der Waals surface area contributed by atoms with Crippen LogP contribution < -0.4 is 10.5 Å². The second kappa shape index (κ2) is 6.05. The Kier molecular flexibility index (Phi) is 4.39. The number of nitrogens with two attached hydrogens (primary N) is 1. The summed E-state index contributed by atoms with van der Waals surface area (Å²) in [5, 5.41) is 0. The molecular weight excluding hydrogens is 257 g/mol. The van der Waals surface area contributed by atoms with Crippen molar-refractivity contribution < 1.29 is 9.13 Å². The first-order valence-corrected chi connectivity index (χ1v) is 6.67. The number of hydrogen-bond donors (Lipinski definition) is 1. The van der Waals surface area contributed by atoms with E-state index in [1.165, 1.54) is 12.1 Å². The molecule has 0 amide bonds. The van der Waals surface area contributed by atoms with E-state index in [0.717, 1.165) is 5.69 Å². The smallest absolute Gasteiger partial charge is 0.130 e. The van der Waals surface area contributed by atoms with Crippen molar-refractivity contribution in [1.29, 1.82) is 0 Å². The standard InChI is InChI=1S/C15H20FN3O/c1-10(2)19-9-18-7-13(19)8-20-15-5-4-12(16)6-14(15)11(3)17/h4-7,9-11H,8,17H2,1-3H3/t11-/m0/s1. The van der Waals surface area contributed by atoms with E-state index >= 15 is 0 Å². The molecule has 0 radical (unpaired) electrons. The molecule has 2 aromatic rings. The predicted octanol–water partition coefficient (Wildman–Crippen LogP) is 3.20. The summed E-state index contributed by atoms with van der Waals surface area (Å²) in [7, 11) is 0. The van der Waals surface area contributed by atoms with Gasteiger partial charge in [0.1, 0.15) is 18.2 Å². The van der Waals surface area contributed by atoms with Crippen molar-refractivity contribution in [2.75, 3.05) is 0 Å². The Morgan fingerprint density at radius 2 is 2.10 bits per heavy atom. The summed E-state index contributed by atoms with van der Waals surface area (Å²) in [6.07, 6.45) is 3.55. The third kappa shape index (κ3) is 3.17. The fraction of sp³-hybridized carbons (Fsp3) is 0.400. The highest BCUT2D eigenvalue weighted by Gasteiger charge is 2.11. The van der Waals surface area contributed by atoms with Gasteiger partial charge in [-0.1, -0.05) is 0 Å². The molecule has 108 valence electrons. The fourth-order valence-electron chi connectivity index (χ4n) is 2.07. The van der Waals surface area contributed by atoms with Crippen LogP contribution in [0.2, 0.25) is 0 Å². The SMILES string of the molecule is CC(C)n1cncc1COc1ccc(F)cc1[C@H](C)N. The van der Waals surface area contributed by atoms with Crippen molar-refractivity contribution in [2.24, 2.45) is 5.73 Å². The number of imidazole rings is 1. The largest absolute Gasteiger partial charge is 0.487 e. The minimum absolute atomic E-state index is 0.282. The number of nitrogens with zero attached hydrogens (tertiary/aromatic N) is 2. The third-order valence-corrected chi connectivity index (χ3v) is 3.14. The minimum Gasteiger partial charge on any atom is -0.487 e. The fourth-order valence-corrected chi connectivity index (χ4v) is 2.07. The lowest BCUT2D eigenvalue weighted by Crippen LogP contribution is -2.11. The summed E-state index contributed by atoms with van der Waals surface area (Å²) in [6.45, 7) is 6.34. The molecule has 0 aliphatic carbocycles. The molecule has 0 unspecified atom stereocenters. The van der Waals surface area contributed by atoms with Crippen LogP contribution in [0.4, 0.5) is 4.39 Å². The third-order valence-electron chi connectivity index (χ3n) is 3.14. The van der Waals surface area contributed by atoms with Crippen molar-refractivity contribution in [3.05, 3.63) is 47.8 Å². The van der Waals surface area contributed by atoms with E-state index in [1.54, 1.807) is 25.5 Å². The lowest BCUT2D eigenvalue weighted by atomic mass is 10.1. The summed E-state index contributed by atoms with van der Waals surface area (Å²) in [5.74, 6) is 0.301. The molecule has 1 heterocycles. The predicted molar refractivity (Wildman–Crippen MR) is 75.9 cm³/mol. The number of hydrogen-bond acceptors (Lipinski definition) is 3. The average molecular weight is 277 g/mol. The lowest BCUT2D eigenvalue weighted by Gasteiger charge is -2.16. The highest BCUT2D eigenvalue weighted by atomic mass is 19.1. The normalized spacial score (nSPS) is 12.7. The summed E-state index contributed by atoms with van der Waals surface area (Å²) in [4.78, 5) is 4.13. The molecule has 0 aliphatic rings. The molecule has 0 bridgehead atoms. The van der Waals surface area contributed by atoms with Gasteiger partial charge < -0.3 is 15.0 Å². The maximum atomic E-state index is 13.3. The molecule has 1 aromatic heterocycles.